The molecule has 23 heavy (non-hydrogen) atoms. The molecule has 0 radical (unpaired) electrons. The molecular weight excluding hydrogens is 340 g/mol. The van der Waals surface area contributed by atoms with E-state index in [0.717, 1.165) is 0 Å². The van der Waals surface area contributed by atoms with Gasteiger partial charge in [0, 0.05) is 22.9 Å². The van der Waals surface area contributed by atoms with Crippen molar-refractivity contribution in [2.75, 3.05) is 17.7 Å². The van der Waals surface area contributed by atoms with Crippen LogP contribution in [0.25, 0.3) is 0 Å². The molecule has 0 aliphatic carbocycles. The van der Waals surface area contributed by atoms with Gasteiger partial charge < -0.3 is 15.4 Å². The molecule has 1 aliphatic heterocycles. The van der Waals surface area contributed by atoms with Gasteiger partial charge in [0.15, 0.2) is 0 Å². The predicted molar refractivity (Wildman–Crippen MR) is 89.5 cm³/mol. The third kappa shape index (κ3) is 5.14. The average Bonchev–Trinajstić information content (AvgIpc) is 2.52. The summed E-state index contributed by atoms with van der Waals surface area (Å²) in [7, 11) is 0. The predicted octanol–water partition coefficient (Wildman–Crippen LogP) is 1.83. The minimum atomic E-state index is -0.650. The zero-order chi connectivity index (χ0) is 16.8. The molecule has 1 heterocycles. The minimum Gasteiger partial charge on any atom is -0.464 e. The molecule has 2 rings (SSSR count). The van der Waals surface area contributed by atoms with Crippen molar-refractivity contribution in [3.05, 3.63) is 29.3 Å². The molecule has 2 amide bonds. The largest absolute Gasteiger partial charge is 0.464 e. The molecule has 124 valence electrons. The monoisotopic (exact) mass is 356 g/mol. The summed E-state index contributed by atoms with van der Waals surface area (Å²) in [5.74, 6) is -0.652. The SMILES string of the molecule is CCOC(=O)[C@@H]1CSC(CC(=O)Nc2ccc(Cl)cc2)C(=O)N1. The second-order valence-corrected chi connectivity index (χ2v) is 6.57. The fraction of sp³-hybridized carbons (Fsp3) is 0.400. The lowest BCUT2D eigenvalue weighted by Crippen LogP contribution is -2.51. The third-order valence-electron chi connectivity index (χ3n) is 3.14. The van der Waals surface area contributed by atoms with E-state index in [2.05, 4.69) is 10.6 Å². The maximum Gasteiger partial charge on any atom is 0.329 e. The Morgan fingerprint density at radius 1 is 1.39 bits per heavy atom. The number of carbonyl (C=O) groups is 3. The summed E-state index contributed by atoms with van der Waals surface area (Å²) in [6, 6.07) is 6.06. The van der Waals surface area contributed by atoms with Crippen LogP contribution in [-0.2, 0) is 19.1 Å². The van der Waals surface area contributed by atoms with E-state index in [-0.39, 0.29) is 24.8 Å². The smallest absolute Gasteiger partial charge is 0.329 e. The number of esters is 1. The number of rotatable bonds is 5. The van der Waals surface area contributed by atoms with E-state index in [1.807, 2.05) is 0 Å². The van der Waals surface area contributed by atoms with Crippen LogP contribution in [0.5, 0.6) is 0 Å². The number of hydrogen-bond acceptors (Lipinski definition) is 5. The van der Waals surface area contributed by atoms with Gasteiger partial charge in [-0.25, -0.2) is 4.79 Å². The summed E-state index contributed by atoms with van der Waals surface area (Å²) in [6.45, 7) is 1.97. The molecule has 1 unspecified atom stereocenters. The average molecular weight is 357 g/mol. The van der Waals surface area contributed by atoms with Crippen LogP contribution in [0.15, 0.2) is 24.3 Å². The van der Waals surface area contributed by atoms with Crippen LogP contribution >= 0.6 is 23.4 Å². The van der Waals surface area contributed by atoms with E-state index < -0.39 is 17.3 Å². The van der Waals surface area contributed by atoms with Gasteiger partial charge >= 0.3 is 5.97 Å². The van der Waals surface area contributed by atoms with Crippen molar-refractivity contribution in [2.45, 2.75) is 24.6 Å². The molecule has 1 saturated heterocycles. The lowest BCUT2D eigenvalue weighted by atomic mass is 10.2. The second kappa shape index (κ2) is 8.21. The molecule has 2 atom stereocenters. The van der Waals surface area contributed by atoms with Crippen molar-refractivity contribution in [1.29, 1.82) is 0 Å². The van der Waals surface area contributed by atoms with Crippen LogP contribution in [0.3, 0.4) is 0 Å². The highest BCUT2D eigenvalue weighted by atomic mass is 35.5. The van der Waals surface area contributed by atoms with E-state index in [4.69, 9.17) is 16.3 Å². The Labute approximate surface area is 143 Å². The topological polar surface area (TPSA) is 84.5 Å². The molecule has 2 N–H and O–H groups in total. The van der Waals surface area contributed by atoms with Crippen LogP contribution in [0.2, 0.25) is 5.02 Å². The van der Waals surface area contributed by atoms with Crippen LogP contribution in [0.1, 0.15) is 13.3 Å². The summed E-state index contributed by atoms with van der Waals surface area (Å²) in [4.78, 5) is 35.6. The maximum atomic E-state index is 12.0. The molecule has 0 saturated carbocycles. The lowest BCUT2D eigenvalue weighted by Gasteiger charge is -2.27. The quantitative estimate of drug-likeness (QED) is 0.786. The molecular formula is C15H17ClN2O4S. The standard InChI is InChI=1S/C15H17ClN2O4S/c1-2-22-15(21)11-8-23-12(14(20)18-11)7-13(19)17-10-5-3-9(16)4-6-10/h3-6,11-12H,2,7-8H2,1H3,(H,17,19)(H,18,20)/t11-,12?/m0/s1. The van der Waals surface area contributed by atoms with E-state index in [0.29, 0.717) is 16.5 Å². The Kier molecular flexibility index (Phi) is 6.29. The third-order valence-corrected chi connectivity index (χ3v) is 4.70. The van der Waals surface area contributed by atoms with Gasteiger partial charge in [-0.05, 0) is 31.2 Å². The van der Waals surface area contributed by atoms with Crippen molar-refractivity contribution in [1.82, 2.24) is 5.32 Å². The first-order chi connectivity index (χ1) is 11.0. The molecule has 0 spiro atoms. The molecule has 1 aliphatic rings. The Morgan fingerprint density at radius 3 is 2.70 bits per heavy atom. The summed E-state index contributed by atoms with van der Waals surface area (Å²) in [5.41, 5.74) is 0.616. The highest BCUT2D eigenvalue weighted by molar-refractivity contribution is 8.00. The highest BCUT2D eigenvalue weighted by Gasteiger charge is 2.34. The van der Waals surface area contributed by atoms with E-state index >= 15 is 0 Å². The van der Waals surface area contributed by atoms with Gasteiger partial charge in [-0.3, -0.25) is 9.59 Å². The number of anilines is 1. The zero-order valence-corrected chi connectivity index (χ0v) is 14.1. The van der Waals surface area contributed by atoms with E-state index in [9.17, 15) is 14.4 Å². The first kappa shape index (κ1) is 17.6. The van der Waals surface area contributed by atoms with Crippen molar-refractivity contribution < 1.29 is 19.1 Å². The summed E-state index contributed by atoms with van der Waals surface area (Å²) < 4.78 is 4.88. The fourth-order valence-corrected chi connectivity index (χ4v) is 3.29. The maximum absolute atomic E-state index is 12.0. The van der Waals surface area contributed by atoms with E-state index in [1.54, 1.807) is 31.2 Å². The molecule has 6 nitrogen and oxygen atoms in total. The number of nitrogens with one attached hydrogen (secondary N) is 2. The summed E-state index contributed by atoms with van der Waals surface area (Å²) in [5, 5.41) is 5.36. The normalized spacial score (nSPS) is 20.5. The first-order valence-corrected chi connectivity index (χ1v) is 8.56. The van der Waals surface area contributed by atoms with E-state index in [1.165, 1.54) is 11.8 Å². The molecule has 0 aromatic heterocycles. The second-order valence-electron chi connectivity index (χ2n) is 4.89. The van der Waals surface area contributed by atoms with Gasteiger partial charge in [0.25, 0.3) is 0 Å². The molecule has 1 aromatic carbocycles. The van der Waals surface area contributed by atoms with Crippen LogP contribution < -0.4 is 10.6 Å². The van der Waals surface area contributed by atoms with Crippen LogP contribution in [0, 0.1) is 0 Å². The van der Waals surface area contributed by atoms with Gasteiger partial charge in [0.1, 0.15) is 6.04 Å². The van der Waals surface area contributed by atoms with Crippen molar-refractivity contribution in [2.24, 2.45) is 0 Å². The van der Waals surface area contributed by atoms with Crippen molar-refractivity contribution >= 4 is 46.8 Å². The Hall–Kier alpha value is -1.73. The van der Waals surface area contributed by atoms with Gasteiger partial charge in [0.2, 0.25) is 11.8 Å². The number of halogens is 1. The number of hydrogen-bond donors (Lipinski definition) is 2. The van der Waals surface area contributed by atoms with Crippen LogP contribution in [0.4, 0.5) is 5.69 Å². The van der Waals surface area contributed by atoms with Gasteiger partial charge in [-0.15, -0.1) is 11.8 Å². The molecule has 1 aromatic rings. The molecule has 1 fully saturated rings. The number of thioether (sulfide) groups is 1. The lowest BCUT2D eigenvalue weighted by molar-refractivity contribution is -0.146. The molecule has 0 bridgehead atoms. The highest BCUT2D eigenvalue weighted by Crippen LogP contribution is 2.22. The summed E-state index contributed by atoms with van der Waals surface area (Å²) in [6.07, 6.45) is 0.0364. The number of carbonyl (C=O) groups excluding carboxylic acids is 3. The summed E-state index contributed by atoms with van der Waals surface area (Å²) >= 11 is 7.06. The zero-order valence-electron chi connectivity index (χ0n) is 12.5. The number of benzene rings is 1. The van der Waals surface area contributed by atoms with Crippen LogP contribution in [-0.4, -0.2) is 41.4 Å². The number of ether oxygens (including phenoxy) is 1. The Bertz CT molecular complexity index is 594. The van der Waals surface area contributed by atoms with Gasteiger partial charge in [0.05, 0.1) is 11.9 Å². The first-order valence-electron chi connectivity index (χ1n) is 7.13. The Balaban J connectivity index is 1.84. The van der Waals surface area contributed by atoms with Crippen molar-refractivity contribution in [3.8, 4) is 0 Å². The Morgan fingerprint density at radius 2 is 2.09 bits per heavy atom. The van der Waals surface area contributed by atoms with Crippen molar-refractivity contribution in [3.63, 3.8) is 0 Å². The fourth-order valence-electron chi connectivity index (χ4n) is 2.03. The van der Waals surface area contributed by atoms with Gasteiger partial charge in [-0.1, -0.05) is 11.6 Å². The minimum absolute atomic E-state index is 0.0364. The number of amides is 2. The molecule has 8 heteroatoms. The van der Waals surface area contributed by atoms with Gasteiger partial charge in [-0.2, -0.15) is 0 Å².